The van der Waals surface area contributed by atoms with Crippen LogP contribution in [0.5, 0.6) is 0 Å². The van der Waals surface area contributed by atoms with Crippen molar-refractivity contribution < 1.29 is 4.79 Å². The number of imidazole rings is 1. The van der Waals surface area contributed by atoms with Gasteiger partial charge in [0, 0.05) is 12.3 Å². The summed E-state index contributed by atoms with van der Waals surface area (Å²) in [5, 5.41) is 0.995. The molecule has 1 aliphatic heterocycles. The molecule has 0 amide bonds. The van der Waals surface area contributed by atoms with E-state index in [2.05, 4.69) is 4.98 Å². The second-order valence-corrected chi connectivity index (χ2v) is 3.85. The summed E-state index contributed by atoms with van der Waals surface area (Å²) in [6.45, 7) is 0.941. The molecule has 2 heterocycles. The van der Waals surface area contributed by atoms with Crippen molar-refractivity contribution in [1.29, 1.82) is 0 Å². The number of carbonyl (C=O) groups is 1. The Morgan fingerprint density at radius 3 is 3.33 bits per heavy atom. The van der Waals surface area contributed by atoms with Gasteiger partial charge in [-0.25, -0.2) is 4.98 Å². The quantitative estimate of drug-likeness (QED) is 0.618. The highest BCUT2D eigenvalue weighted by Gasteiger charge is 2.12. The molecule has 0 aliphatic carbocycles. The van der Waals surface area contributed by atoms with Crippen molar-refractivity contribution in [2.75, 3.05) is 5.75 Å². The Balaban J connectivity index is 2.38. The highest BCUT2D eigenvalue weighted by atomic mass is 32.2. The zero-order valence-electron chi connectivity index (χ0n) is 6.69. The minimum absolute atomic E-state index is 0.708. The van der Waals surface area contributed by atoms with Crippen molar-refractivity contribution in [3.8, 4) is 0 Å². The van der Waals surface area contributed by atoms with Crippen LogP contribution in [-0.2, 0) is 6.54 Å². The lowest BCUT2D eigenvalue weighted by Crippen LogP contribution is -2.01. The number of fused-ring (bicyclic) bond motifs is 1. The molecule has 12 heavy (non-hydrogen) atoms. The Morgan fingerprint density at radius 1 is 1.58 bits per heavy atom. The van der Waals surface area contributed by atoms with Crippen molar-refractivity contribution in [2.45, 2.75) is 24.5 Å². The molecular formula is C8H10N2OS. The summed E-state index contributed by atoms with van der Waals surface area (Å²) < 4.78 is 2.00. The Morgan fingerprint density at radius 2 is 2.50 bits per heavy atom. The Kier molecular flexibility index (Phi) is 2.17. The second kappa shape index (κ2) is 3.31. The first-order valence-corrected chi connectivity index (χ1v) is 5.04. The summed E-state index contributed by atoms with van der Waals surface area (Å²) in [5.74, 6) is 1.12. The highest BCUT2D eigenvalue weighted by Crippen LogP contribution is 2.23. The number of nitrogens with zero attached hydrogens (tertiary/aromatic N) is 2. The van der Waals surface area contributed by atoms with E-state index in [1.807, 2.05) is 4.57 Å². The summed E-state index contributed by atoms with van der Waals surface area (Å²) in [4.78, 5) is 14.8. The van der Waals surface area contributed by atoms with E-state index in [9.17, 15) is 4.79 Å². The lowest BCUT2D eigenvalue weighted by molar-refractivity contribution is 0.111. The number of aldehydes is 1. The van der Waals surface area contributed by atoms with Crippen molar-refractivity contribution in [2.24, 2.45) is 0 Å². The van der Waals surface area contributed by atoms with Gasteiger partial charge in [0.1, 0.15) is 5.69 Å². The molecule has 3 nitrogen and oxygen atoms in total. The van der Waals surface area contributed by atoms with Gasteiger partial charge >= 0.3 is 0 Å². The van der Waals surface area contributed by atoms with Gasteiger partial charge in [-0.3, -0.25) is 4.79 Å². The van der Waals surface area contributed by atoms with E-state index in [1.165, 1.54) is 6.42 Å². The number of aromatic nitrogens is 2. The molecule has 0 aromatic carbocycles. The molecule has 1 aromatic heterocycles. The molecule has 0 fully saturated rings. The summed E-state index contributed by atoms with van der Waals surface area (Å²) in [5.41, 5.74) is 0.708. The lowest BCUT2D eigenvalue weighted by atomic mass is 10.3. The average molecular weight is 182 g/mol. The number of rotatable bonds is 1. The third-order valence-electron chi connectivity index (χ3n) is 1.98. The molecule has 0 saturated carbocycles. The van der Waals surface area contributed by atoms with Gasteiger partial charge in [0.25, 0.3) is 0 Å². The third-order valence-corrected chi connectivity index (χ3v) is 3.05. The second-order valence-electron chi connectivity index (χ2n) is 2.79. The van der Waals surface area contributed by atoms with Crippen LogP contribution in [0.3, 0.4) is 0 Å². The molecular weight excluding hydrogens is 172 g/mol. The van der Waals surface area contributed by atoms with Crippen LogP contribution in [0.2, 0.25) is 0 Å². The van der Waals surface area contributed by atoms with Crippen LogP contribution >= 0.6 is 11.8 Å². The van der Waals surface area contributed by atoms with Crippen molar-refractivity contribution in [1.82, 2.24) is 9.55 Å². The molecule has 0 radical (unpaired) electrons. The van der Waals surface area contributed by atoms with E-state index >= 15 is 0 Å². The standard InChI is InChI=1S/C8H10N2OS/c11-6-7-5-9-8-10(7)3-1-2-4-12-8/h5-6H,1-4H2. The molecule has 0 spiro atoms. The van der Waals surface area contributed by atoms with Gasteiger partial charge in [0.15, 0.2) is 11.4 Å². The van der Waals surface area contributed by atoms with Crippen LogP contribution in [0.1, 0.15) is 23.3 Å². The lowest BCUT2D eigenvalue weighted by Gasteiger charge is -2.02. The topological polar surface area (TPSA) is 34.9 Å². The zero-order valence-corrected chi connectivity index (χ0v) is 7.51. The largest absolute Gasteiger partial charge is 0.317 e. The summed E-state index contributed by atoms with van der Waals surface area (Å²) in [7, 11) is 0. The minimum atomic E-state index is 0.708. The van der Waals surface area contributed by atoms with Gasteiger partial charge in [-0.15, -0.1) is 0 Å². The predicted octanol–water partition coefficient (Wildman–Crippen LogP) is 1.58. The predicted molar refractivity (Wildman–Crippen MR) is 47.6 cm³/mol. The van der Waals surface area contributed by atoms with Crippen molar-refractivity contribution in [3.05, 3.63) is 11.9 Å². The zero-order chi connectivity index (χ0) is 8.39. The first kappa shape index (κ1) is 7.86. The first-order chi connectivity index (χ1) is 5.92. The molecule has 0 atom stereocenters. The fourth-order valence-electron chi connectivity index (χ4n) is 1.34. The normalized spacial score (nSPS) is 16.7. The number of thioether (sulfide) groups is 1. The van der Waals surface area contributed by atoms with Crippen molar-refractivity contribution in [3.63, 3.8) is 0 Å². The molecule has 0 saturated heterocycles. The van der Waals surface area contributed by atoms with E-state index in [4.69, 9.17) is 0 Å². The number of hydrogen-bond donors (Lipinski definition) is 0. The van der Waals surface area contributed by atoms with Crippen LogP contribution in [0, 0.1) is 0 Å². The van der Waals surface area contributed by atoms with Crippen LogP contribution in [0.4, 0.5) is 0 Å². The van der Waals surface area contributed by atoms with Crippen LogP contribution < -0.4 is 0 Å². The first-order valence-electron chi connectivity index (χ1n) is 4.05. The van der Waals surface area contributed by atoms with Gasteiger partial charge in [-0.2, -0.15) is 0 Å². The fraction of sp³-hybridized carbons (Fsp3) is 0.500. The Bertz CT molecular complexity index is 295. The van der Waals surface area contributed by atoms with Crippen LogP contribution in [0.25, 0.3) is 0 Å². The van der Waals surface area contributed by atoms with E-state index in [-0.39, 0.29) is 0 Å². The van der Waals surface area contributed by atoms with E-state index in [1.54, 1.807) is 18.0 Å². The third kappa shape index (κ3) is 1.27. The van der Waals surface area contributed by atoms with E-state index in [0.29, 0.717) is 5.69 Å². The van der Waals surface area contributed by atoms with Gasteiger partial charge < -0.3 is 4.57 Å². The SMILES string of the molecule is O=Cc1cnc2n1CCCCS2. The average Bonchev–Trinajstić information content (AvgIpc) is 2.33. The van der Waals surface area contributed by atoms with Gasteiger partial charge in [-0.1, -0.05) is 11.8 Å². The Labute approximate surface area is 75.2 Å². The summed E-state index contributed by atoms with van der Waals surface area (Å²) in [6.07, 6.45) is 4.90. The maximum absolute atomic E-state index is 10.6. The molecule has 0 unspecified atom stereocenters. The van der Waals surface area contributed by atoms with Crippen LogP contribution in [-0.4, -0.2) is 21.6 Å². The minimum Gasteiger partial charge on any atom is -0.317 e. The van der Waals surface area contributed by atoms with Crippen molar-refractivity contribution >= 4 is 18.0 Å². The van der Waals surface area contributed by atoms with E-state index in [0.717, 1.165) is 30.2 Å². The molecule has 64 valence electrons. The number of hydrogen-bond acceptors (Lipinski definition) is 3. The van der Waals surface area contributed by atoms with E-state index < -0.39 is 0 Å². The fourth-order valence-corrected chi connectivity index (χ4v) is 2.35. The van der Waals surface area contributed by atoms with Crippen LogP contribution in [0.15, 0.2) is 11.4 Å². The Hall–Kier alpha value is -0.770. The monoisotopic (exact) mass is 182 g/mol. The number of carbonyl (C=O) groups excluding carboxylic acids is 1. The maximum Gasteiger partial charge on any atom is 0.168 e. The molecule has 2 rings (SSSR count). The molecule has 4 heteroatoms. The van der Waals surface area contributed by atoms with Gasteiger partial charge in [-0.05, 0) is 12.8 Å². The molecule has 0 bridgehead atoms. The molecule has 1 aliphatic rings. The molecule has 1 aromatic rings. The van der Waals surface area contributed by atoms with Gasteiger partial charge in [0.05, 0.1) is 6.20 Å². The summed E-state index contributed by atoms with van der Waals surface area (Å²) in [6, 6.07) is 0. The summed E-state index contributed by atoms with van der Waals surface area (Å²) >= 11 is 1.74. The smallest absolute Gasteiger partial charge is 0.168 e. The maximum atomic E-state index is 10.6. The van der Waals surface area contributed by atoms with Gasteiger partial charge in [0.2, 0.25) is 0 Å². The molecule has 0 N–H and O–H groups in total. The highest BCUT2D eigenvalue weighted by molar-refractivity contribution is 7.99.